The zero-order valence-corrected chi connectivity index (χ0v) is 10.2. The van der Waals surface area contributed by atoms with Gasteiger partial charge in [0.1, 0.15) is 11.6 Å². The molecule has 0 aliphatic carbocycles. The molecule has 1 unspecified atom stereocenters. The molecule has 5 heteroatoms. The van der Waals surface area contributed by atoms with Crippen molar-refractivity contribution in [2.75, 3.05) is 5.73 Å². The molecule has 0 saturated heterocycles. The minimum Gasteiger partial charge on any atom is -0.396 e. The van der Waals surface area contributed by atoms with Gasteiger partial charge in [-0.05, 0) is 18.2 Å². The Bertz CT molecular complexity index is 601. The van der Waals surface area contributed by atoms with Crippen molar-refractivity contribution in [3.05, 3.63) is 59.7 Å². The number of hydrogen-bond donors (Lipinski definition) is 1. The second-order valence-corrected chi connectivity index (χ2v) is 5.16. The molecule has 18 heavy (non-hydrogen) atoms. The second kappa shape index (κ2) is 5.27. The molecule has 2 nitrogen and oxygen atoms in total. The highest BCUT2D eigenvalue weighted by molar-refractivity contribution is 7.84. The second-order valence-electron chi connectivity index (χ2n) is 3.74. The van der Waals surface area contributed by atoms with Gasteiger partial charge in [0, 0.05) is 5.56 Å². The molecule has 2 aromatic carbocycles. The van der Waals surface area contributed by atoms with E-state index in [1.54, 1.807) is 12.1 Å². The van der Waals surface area contributed by atoms with Gasteiger partial charge in [0.05, 0.1) is 27.1 Å². The van der Waals surface area contributed by atoms with Gasteiger partial charge in [-0.25, -0.2) is 8.78 Å². The van der Waals surface area contributed by atoms with Crippen molar-refractivity contribution in [2.24, 2.45) is 0 Å². The number of benzene rings is 2. The van der Waals surface area contributed by atoms with Gasteiger partial charge in [0.25, 0.3) is 0 Å². The molecular formula is C13H11F2NOS. The van der Waals surface area contributed by atoms with Gasteiger partial charge in [-0.1, -0.05) is 24.3 Å². The average Bonchev–Trinajstić information content (AvgIpc) is 2.35. The van der Waals surface area contributed by atoms with Gasteiger partial charge in [-0.3, -0.25) is 4.21 Å². The van der Waals surface area contributed by atoms with Gasteiger partial charge < -0.3 is 5.73 Å². The van der Waals surface area contributed by atoms with E-state index >= 15 is 0 Å². The van der Waals surface area contributed by atoms with E-state index in [9.17, 15) is 13.0 Å². The number of nitrogens with two attached hydrogens (primary N) is 1. The van der Waals surface area contributed by atoms with E-state index in [2.05, 4.69) is 0 Å². The minimum atomic E-state index is -1.64. The van der Waals surface area contributed by atoms with Crippen LogP contribution >= 0.6 is 0 Å². The summed E-state index contributed by atoms with van der Waals surface area (Å²) in [5, 5.41) is 0. The summed E-state index contributed by atoms with van der Waals surface area (Å²) >= 11 is 0. The van der Waals surface area contributed by atoms with Crippen LogP contribution in [0.25, 0.3) is 0 Å². The fraction of sp³-hybridized carbons (Fsp3) is 0.0769. The minimum absolute atomic E-state index is 0.00182. The van der Waals surface area contributed by atoms with Crippen molar-refractivity contribution in [2.45, 2.75) is 10.6 Å². The van der Waals surface area contributed by atoms with Crippen LogP contribution in [-0.4, -0.2) is 4.21 Å². The Hall–Kier alpha value is -1.75. The van der Waals surface area contributed by atoms with Crippen LogP contribution in [0.1, 0.15) is 5.56 Å². The van der Waals surface area contributed by atoms with Crippen molar-refractivity contribution >= 4 is 16.5 Å². The summed E-state index contributed by atoms with van der Waals surface area (Å²) in [5.74, 6) is -1.25. The smallest absolute Gasteiger partial charge is 0.150 e. The van der Waals surface area contributed by atoms with Crippen LogP contribution in [-0.2, 0) is 16.6 Å². The van der Waals surface area contributed by atoms with Gasteiger partial charge in [0.2, 0.25) is 0 Å². The highest BCUT2D eigenvalue weighted by Gasteiger charge is 2.13. The third-order valence-corrected chi connectivity index (χ3v) is 3.87. The average molecular weight is 267 g/mol. The summed E-state index contributed by atoms with van der Waals surface area (Å²) in [6, 6.07) is 10.2. The van der Waals surface area contributed by atoms with E-state index in [1.165, 1.54) is 30.3 Å². The van der Waals surface area contributed by atoms with Crippen molar-refractivity contribution in [1.82, 2.24) is 0 Å². The van der Waals surface area contributed by atoms with E-state index < -0.39 is 22.4 Å². The van der Waals surface area contributed by atoms with Crippen LogP contribution in [0, 0.1) is 11.6 Å². The summed E-state index contributed by atoms with van der Waals surface area (Å²) in [7, 11) is -1.64. The summed E-state index contributed by atoms with van der Waals surface area (Å²) in [4.78, 5) is 0.0688. The van der Waals surface area contributed by atoms with Crippen LogP contribution < -0.4 is 5.73 Å². The van der Waals surface area contributed by atoms with Crippen LogP contribution in [0.4, 0.5) is 14.5 Å². The first-order chi connectivity index (χ1) is 8.59. The van der Waals surface area contributed by atoms with Gasteiger partial charge in [0.15, 0.2) is 0 Å². The fourth-order valence-corrected chi connectivity index (χ4v) is 2.74. The zero-order chi connectivity index (χ0) is 13.1. The lowest BCUT2D eigenvalue weighted by Gasteiger charge is -2.06. The Morgan fingerprint density at radius 2 is 1.78 bits per heavy atom. The number of hydrogen-bond acceptors (Lipinski definition) is 2. The Morgan fingerprint density at radius 3 is 2.50 bits per heavy atom. The SMILES string of the molecule is Nc1cccc(CS(=O)c2ccccc2F)c1F. The largest absolute Gasteiger partial charge is 0.396 e. The fourth-order valence-electron chi connectivity index (χ4n) is 1.56. The summed E-state index contributed by atoms with van der Waals surface area (Å²) in [6.45, 7) is 0. The van der Waals surface area contributed by atoms with Crippen LogP contribution in [0.5, 0.6) is 0 Å². The van der Waals surface area contributed by atoms with Gasteiger partial charge in [-0.15, -0.1) is 0 Å². The molecule has 0 bridgehead atoms. The van der Waals surface area contributed by atoms with Crippen molar-refractivity contribution in [3.63, 3.8) is 0 Å². The highest BCUT2D eigenvalue weighted by Crippen LogP contribution is 2.20. The molecule has 0 aliphatic heterocycles. The maximum Gasteiger partial charge on any atom is 0.150 e. The summed E-state index contributed by atoms with van der Waals surface area (Å²) < 4.78 is 39.0. The first-order valence-corrected chi connectivity index (χ1v) is 6.57. The summed E-state index contributed by atoms with van der Waals surface area (Å²) in [5.41, 5.74) is 5.63. The quantitative estimate of drug-likeness (QED) is 0.869. The van der Waals surface area contributed by atoms with Crippen molar-refractivity contribution in [3.8, 4) is 0 Å². The molecular weight excluding hydrogens is 256 g/mol. The van der Waals surface area contributed by atoms with Gasteiger partial charge >= 0.3 is 0 Å². The maximum atomic E-state index is 13.6. The van der Waals surface area contributed by atoms with Crippen LogP contribution in [0.15, 0.2) is 47.4 Å². The topological polar surface area (TPSA) is 43.1 Å². The molecule has 1 atom stereocenters. The molecule has 2 N–H and O–H groups in total. The summed E-state index contributed by atoms with van der Waals surface area (Å²) in [6.07, 6.45) is 0. The number of rotatable bonds is 3. The molecule has 0 spiro atoms. The van der Waals surface area contributed by atoms with Crippen LogP contribution in [0.2, 0.25) is 0 Å². The van der Waals surface area contributed by atoms with E-state index in [-0.39, 0.29) is 21.9 Å². The highest BCUT2D eigenvalue weighted by atomic mass is 32.2. The monoisotopic (exact) mass is 267 g/mol. The molecule has 0 aliphatic rings. The van der Waals surface area contributed by atoms with Crippen LogP contribution in [0.3, 0.4) is 0 Å². The predicted octanol–water partition coefficient (Wildman–Crippen LogP) is 2.85. The molecule has 0 radical (unpaired) electrons. The number of nitrogen functional groups attached to an aromatic ring is 1. The Labute approximate surface area is 106 Å². The van der Waals surface area contributed by atoms with Crippen molar-refractivity contribution < 1.29 is 13.0 Å². The normalized spacial score (nSPS) is 12.3. The lowest BCUT2D eigenvalue weighted by atomic mass is 10.2. The number of anilines is 1. The maximum absolute atomic E-state index is 13.6. The van der Waals surface area contributed by atoms with E-state index in [1.807, 2.05) is 0 Å². The first kappa shape index (κ1) is 12.7. The predicted molar refractivity (Wildman–Crippen MR) is 67.3 cm³/mol. The molecule has 0 fully saturated rings. The Kier molecular flexibility index (Phi) is 3.72. The molecule has 0 aromatic heterocycles. The van der Waals surface area contributed by atoms with E-state index in [4.69, 9.17) is 5.73 Å². The molecule has 2 rings (SSSR count). The molecule has 94 valence electrons. The molecule has 0 heterocycles. The first-order valence-electron chi connectivity index (χ1n) is 5.25. The third kappa shape index (κ3) is 2.56. The van der Waals surface area contributed by atoms with Gasteiger partial charge in [-0.2, -0.15) is 0 Å². The zero-order valence-electron chi connectivity index (χ0n) is 9.40. The van der Waals surface area contributed by atoms with E-state index in [0.29, 0.717) is 0 Å². The lowest BCUT2D eigenvalue weighted by Crippen LogP contribution is -2.03. The van der Waals surface area contributed by atoms with Crippen molar-refractivity contribution in [1.29, 1.82) is 0 Å². The molecule has 0 saturated carbocycles. The number of halogens is 2. The van der Waals surface area contributed by atoms with E-state index in [0.717, 1.165) is 0 Å². The molecule has 2 aromatic rings. The molecule has 0 amide bonds. The lowest BCUT2D eigenvalue weighted by molar-refractivity contribution is 0.594. The standard InChI is InChI=1S/C13H11F2NOS/c14-10-5-1-2-7-12(10)18(17)8-9-4-3-6-11(16)13(9)15/h1-7H,8,16H2. The Balaban J connectivity index is 2.27. The third-order valence-electron chi connectivity index (χ3n) is 2.48. The Morgan fingerprint density at radius 1 is 1.06 bits per heavy atom.